The third-order valence-corrected chi connectivity index (χ3v) is 3.42. The van der Waals surface area contributed by atoms with Gasteiger partial charge >= 0.3 is 5.97 Å². The molecule has 0 saturated carbocycles. The molecular formula is C19H21NO4. The molecule has 0 heterocycles. The number of esters is 1. The first-order valence-electron chi connectivity index (χ1n) is 7.86. The van der Waals surface area contributed by atoms with E-state index in [1.807, 2.05) is 6.92 Å². The average Bonchev–Trinajstić information content (AvgIpc) is 2.62. The Morgan fingerprint density at radius 3 is 2.54 bits per heavy atom. The number of methoxy groups -OCH3 is 1. The van der Waals surface area contributed by atoms with Gasteiger partial charge in [-0.05, 0) is 42.8 Å². The van der Waals surface area contributed by atoms with Crippen molar-refractivity contribution >= 4 is 17.6 Å². The van der Waals surface area contributed by atoms with Crippen molar-refractivity contribution in [2.24, 2.45) is 0 Å². The van der Waals surface area contributed by atoms with Gasteiger partial charge in [0.1, 0.15) is 5.75 Å². The second-order valence-electron chi connectivity index (χ2n) is 5.26. The second-order valence-corrected chi connectivity index (χ2v) is 5.26. The molecule has 2 rings (SSSR count). The van der Waals surface area contributed by atoms with Gasteiger partial charge in [-0.1, -0.05) is 25.5 Å². The third-order valence-electron chi connectivity index (χ3n) is 3.42. The summed E-state index contributed by atoms with van der Waals surface area (Å²) in [6.07, 6.45) is 1.79. The van der Waals surface area contributed by atoms with Crippen molar-refractivity contribution in [2.45, 2.75) is 19.8 Å². The number of unbranched alkanes of at least 4 members (excludes halogenated alkanes) is 1. The minimum atomic E-state index is -0.388. The maximum Gasteiger partial charge on any atom is 0.338 e. The molecule has 0 radical (unpaired) electrons. The van der Waals surface area contributed by atoms with Gasteiger partial charge in [0.2, 0.25) is 0 Å². The fourth-order valence-corrected chi connectivity index (χ4v) is 2.08. The smallest absolute Gasteiger partial charge is 0.338 e. The number of amides is 1. The fraction of sp³-hybridized carbons (Fsp3) is 0.263. The number of hydrogen-bond donors (Lipinski definition) is 1. The van der Waals surface area contributed by atoms with Crippen molar-refractivity contribution in [1.29, 1.82) is 0 Å². The van der Waals surface area contributed by atoms with E-state index in [4.69, 9.17) is 9.47 Å². The molecule has 1 amide bonds. The van der Waals surface area contributed by atoms with Crippen LogP contribution in [-0.4, -0.2) is 25.6 Å². The Balaban J connectivity index is 2.05. The first-order valence-corrected chi connectivity index (χ1v) is 7.86. The maximum atomic E-state index is 12.3. The van der Waals surface area contributed by atoms with Crippen LogP contribution in [0.1, 0.15) is 40.5 Å². The minimum absolute atomic E-state index is 0.273. The summed E-state index contributed by atoms with van der Waals surface area (Å²) < 4.78 is 10.3. The predicted molar refractivity (Wildman–Crippen MR) is 92.6 cm³/mol. The van der Waals surface area contributed by atoms with E-state index in [0.717, 1.165) is 12.8 Å². The average molecular weight is 327 g/mol. The lowest BCUT2D eigenvalue weighted by Crippen LogP contribution is -2.13. The van der Waals surface area contributed by atoms with Crippen LogP contribution in [0, 0.1) is 0 Å². The van der Waals surface area contributed by atoms with Gasteiger partial charge in [0.25, 0.3) is 5.91 Å². The quantitative estimate of drug-likeness (QED) is 0.619. The van der Waals surface area contributed by atoms with Crippen LogP contribution >= 0.6 is 0 Å². The molecule has 126 valence electrons. The number of benzene rings is 2. The lowest BCUT2D eigenvalue weighted by atomic mass is 10.1. The second kappa shape index (κ2) is 8.72. The molecule has 0 aliphatic rings. The maximum absolute atomic E-state index is 12.3. The summed E-state index contributed by atoms with van der Waals surface area (Å²) in [5.41, 5.74) is 1.42. The Kier molecular flexibility index (Phi) is 6.37. The van der Waals surface area contributed by atoms with Gasteiger partial charge in [0.15, 0.2) is 0 Å². The largest absolute Gasteiger partial charge is 0.497 e. The van der Waals surface area contributed by atoms with Gasteiger partial charge in [-0.2, -0.15) is 0 Å². The van der Waals surface area contributed by atoms with Crippen molar-refractivity contribution in [2.75, 3.05) is 19.0 Å². The standard InChI is InChI=1S/C19H21NO4/c1-3-4-11-24-19(22)15-8-5-9-16(12-15)20-18(21)14-7-6-10-17(13-14)23-2/h5-10,12-13H,3-4,11H2,1-2H3,(H,20,21). The molecule has 0 aliphatic heterocycles. The summed E-state index contributed by atoms with van der Waals surface area (Å²) in [6.45, 7) is 2.43. The monoisotopic (exact) mass is 327 g/mol. The van der Waals surface area contributed by atoms with Crippen LogP contribution in [0.15, 0.2) is 48.5 Å². The van der Waals surface area contributed by atoms with Crippen LogP contribution in [0.3, 0.4) is 0 Å². The molecule has 24 heavy (non-hydrogen) atoms. The Labute approximate surface area is 141 Å². The van der Waals surface area contributed by atoms with E-state index in [1.165, 1.54) is 0 Å². The van der Waals surface area contributed by atoms with Crippen molar-refractivity contribution in [3.63, 3.8) is 0 Å². The van der Waals surface area contributed by atoms with Crippen LogP contribution in [0.4, 0.5) is 5.69 Å². The highest BCUT2D eigenvalue weighted by molar-refractivity contribution is 6.05. The number of hydrogen-bond acceptors (Lipinski definition) is 4. The van der Waals surface area contributed by atoms with Gasteiger partial charge in [0, 0.05) is 11.3 Å². The first-order chi connectivity index (χ1) is 11.6. The molecule has 0 aliphatic carbocycles. The molecular weight excluding hydrogens is 306 g/mol. The number of carbonyl (C=O) groups is 2. The number of ether oxygens (including phenoxy) is 2. The van der Waals surface area contributed by atoms with E-state index in [1.54, 1.807) is 55.6 Å². The molecule has 2 aromatic rings. The zero-order valence-electron chi connectivity index (χ0n) is 13.9. The van der Waals surface area contributed by atoms with Gasteiger partial charge in [-0.3, -0.25) is 4.79 Å². The summed E-state index contributed by atoms with van der Waals surface area (Å²) in [7, 11) is 1.55. The third kappa shape index (κ3) is 4.84. The normalized spacial score (nSPS) is 10.1. The van der Waals surface area contributed by atoms with E-state index < -0.39 is 0 Å². The van der Waals surface area contributed by atoms with E-state index >= 15 is 0 Å². The van der Waals surface area contributed by atoms with E-state index in [9.17, 15) is 9.59 Å². The van der Waals surface area contributed by atoms with E-state index in [0.29, 0.717) is 29.2 Å². The zero-order valence-corrected chi connectivity index (χ0v) is 13.9. The Hall–Kier alpha value is -2.82. The molecule has 0 fully saturated rings. The van der Waals surface area contributed by atoms with Crippen molar-refractivity contribution in [1.82, 2.24) is 0 Å². The molecule has 5 heteroatoms. The SMILES string of the molecule is CCCCOC(=O)c1cccc(NC(=O)c2cccc(OC)c2)c1. The van der Waals surface area contributed by atoms with Crippen LogP contribution in [0.25, 0.3) is 0 Å². The molecule has 0 spiro atoms. The lowest BCUT2D eigenvalue weighted by molar-refractivity contribution is 0.0499. The molecule has 2 aromatic carbocycles. The molecule has 1 N–H and O–H groups in total. The molecule has 0 bridgehead atoms. The van der Waals surface area contributed by atoms with Crippen molar-refractivity contribution in [3.05, 3.63) is 59.7 Å². The summed E-state index contributed by atoms with van der Waals surface area (Å²) in [5.74, 6) is -0.0535. The summed E-state index contributed by atoms with van der Waals surface area (Å²) in [4.78, 5) is 24.3. The Morgan fingerprint density at radius 1 is 1.04 bits per heavy atom. The van der Waals surface area contributed by atoms with Crippen LogP contribution in [-0.2, 0) is 4.74 Å². The highest BCUT2D eigenvalue weighted by Gasteiger charge is 2.10. The van der Waals surface area contributed by atoms with Crippen molar-refractivity contribution < 1.29 is 19.1 Å². The first kappa shape index (κ1) is 17.5. The highest BCUT2D eigenvalue weighted by Crippen LogP contribution is 2.16. The topological polar surface area (TPSA) is 64.6 Å². The van der Waals surface area contributed by atoms with Crippen molar-refractivity contribution in [3.8, 4) is 5.75 Å². The number of carbonyl (C=O) groups excluding carboxylic acids is 2. The fourth-order valence-electron chi connectivity index (χ4n) is 2.08. The molecule has 0 aromatic heterocycles. The van der Waals surface area contributed by atoms with Crippen LogP contribution < -0.4 is 10.1 Å². The van der Waals surface area contributed by atoms with Gasteiger partial charge in [0.05, 0.1) is 19.3 Å². The zero-order chi connectivity index (χ0) is 17.4. The van der Waals surface area contributed by atoms with Gasteiger partial charge in [-0.25, -0.2) is 4.79 Å². The number of anilines is 1. The van der Waals surface area contributed by atoms with Gasteiger partial charge in [-0.15, -0.1) is 0 Å². The predicted octanol–water partition coefficient (Wildman–Crippen LogP) is 3.90. The van der Waals surface area contributed by atoms with Crippen LogP contribution in [0.2, 0.25) is 0 Å². The Bertz CT molecular complexity index is 712. The minimum Gasteiger partial charge on any atom is -0.497 e. The summed E-state index contributed by atoms with van der Waals surface area (Å²) in [5, 5.41) is 2.77. The lowest BCUT2D eigenvalue weighted by Gasteiger charge is -2.08. The highest BCUT2D eigenvalue weighted by atomic mass is 16.5. The number of nitrogens with one attached hydrogen (secondary N) is 1. The Morgan fingerprint density at radius 2 is 1.79 bits per heavy atom. The van der Waals surface area contributed by atoms with Gasteiger partial charge < -0.3 is 14.8 Å². The molecule has 0 saturated heterocycles. The van der Waals surface area contributed by atoms with E-state index in [-0.39, 0.29) is 11.9 Å². The molecule has 0 atom stereocenters. The molecule has 5 nitrogen and oxygen atoms in total. The number of rotatable bonds is 7. The van der Waals surface area contributed by atoms with Crippen LogP contribution in [0.5, 0.6) is 5.75 Å². The molecule has 0 unspecified atom stereocenters. The van der Waals surface area contributed by atoms with E-state index in [2.05, 4.69) is 5.32 Å². The summed E-state index contributed by atoms with van der Waals surface area (Å²) >= 11 is 0. The summed E-state index contributed by atoms with van der Waals surface area (Å²) in [6, 6.07) is 13.6.